The van der Waals surface area contributed by atoms with Gasteiger partial charge in [0, 0.05) is 12.6 Å². The fraction of sp³-hybridized carbons (Fsp3) is 0.211. The molecule has 2 aromatic carbocycles. The largest absolute Gasteiger partial charge is 0.416 e. The molecule has 8 heteroatoms. The van der Waals surface area contributed by atoms with E-state index in [9.17, 15) is 18.0 Å². The Bertz CT molecular complexity index is 892. The van der Waals surface area contributed by atoms with Crippen molar-refractivity contribution in [3.05, 3.63) is 65.2 Å². The summed E-state index contributed by atoms with van der Waals surface area (Å²) in [7, 11) is 0. The molecule has 1 aliphatic heterocycles. The van der Waals surface area contributed by atoms with Gasteiger partial charge in [0.2, 0.25) is 5.91 Å². The van der Waals surface area contributed by atoms with Crippen molar-refractivity contribution in [2.24, 2.45) is 10.2 Å². The molecule has 1 aliphatic rings. The highest BCUT2D eigenvalue weighted by Crippen LogP contribution is 2.38. The Morgan fingerprint density at radius 1 is 1.22 bits per heavy atom. The molecule has 0 bridgehead atoms. The number of nitrogens with one attached hydrogen (secondary N) is 2. The van der Waals surface area contributed by atoms with E-state index in [1.807, 2.05) is 30.3 Å². The molecule has 3 rings (SSSR count). The number of alkyl halides is 3. The maximum Gasteiger partial charge on any atom is 0.416 e. The number of hydrogen-bond acceptors (Lipinski definition) is 4. The van der Waals surface area contributed by atoms with Gasteiger partial charge in [0.25, 0.3) is 0 Å². The fourth-order valence-corrected chi connectivity index (χ4v) is 2.79. The van der Waals surface area contributed by atoms with E-state index in [2.05, 4.69) is 21.1 Å². The van der Waals surface area contributed by atoms with Gasteiger partial charge in [0.1, 0.15) is 0 Å². The molecule has 1 unspecified atom stereocenters. The molecule has 1 heterocycles. The van der Waals surface area contributed by atoms with Gasteiger partial charge in [-0.3, -0.25) is 10.2 Å². The summed E-state index contributed by atoms with van der Waals surface area (Å²) in [6.07, 6.45) is -3.08. The van der Waals surface area contributed by atoms with Crippen molar-refractivity contribution in [2.75, 3.05) is 5.43 Å². The van der Waals surface area contributed by atoms with Crippen LogP contribution in [0.4, 0.5) is 18.9 Å². The highest BCUT2D eigenvalue weighted by atomic mass is 19.4. The average molecular weight is 374 g/mol. The fourth-order valence-electron chi connectivity index (χ4n) is 2.79. The summed E-state index contributed by atoms with van der Waals surface area (Å²) < 4.78 is 40.6. The molecule has 5 nitrogen and oxygen atoms in total. The predicted molar refractivity (Wildman–Crippen MR) is 97.7 cm³/mol. The summed E-state index contributed by atoms with van der Waals surface area (Å²) in [5.74, 6) is -1.48. The van der Waals surface area contributed by atoms with Crippen LogP contribution >= 0.6 is 0 Å². The summed E-state index contributed by atoms with van der Waals surface area (Å²) in [6, 6.07) is 13.0. The number of rotatable bonds is 4. The molecule has 0 aromatic heterocycles. The van der Waals surface area contributed by atoms with Gasteiger partial charge in [-0.1, -0.05) is 36.4 Å². The minimum atomic E-state index is -4.60. The molecule has 2 aromatic rings. The van der Waals surface area contributed by atoms with Crippen LogP contribution in [0.25, 0.3) is 0 Å². The number of carbonyl (C=O) groups is 1. The van der Waals surface area contributed by atoms with Gasteiger partial charge >= 0.3 is 6.18 Å². The first kappa shape index (κ1) is 18.6. The standard InChI is InChI=1S/C19H17F3N4O/c1-12(13-5-3-2-4-6-13)24-25-14-7-8-15(17(11-14)19(20,21)22)16-9-10-23-26-18(16)27/h2-8,10-11,16,25H,9H2,1H3,(H,26,27). The van der Waals surface area contributed by atoms with Crippen molar-refractivity contribution in [1.29, 1.82) is 0 Å². The Labute approximate surface area is 154 Å². The zero-order valence-electron chi connectivity index (χ0n) is 14.4. The highest BCUT2D eigenvalue weighted by molar-refractivity contribution is 5.99. The van der Waals surface area contributed by atoms with Crippen LogP contribution < -0.4 is 10.9 Å². The van der Waals surface area contributed by atoms with E-state index in [4.69, 9.17) is 0 Å². The molecule has 0 saturated heterocycles. The third-order valence-electron chi connectivity index (χ3n) is 4.20. The molecule has 140 valence electrons. The summed E-state index contributed by atoms with van der Waals surface area (Å²) in [6.45, 7) is 1.76. The molecule has 0 spiro atoms. The minimum absolute atomic E-state index is 0.0829. The average Bonchev–Trinajstić information content (AvgIpc) is 2.66. The smallest absolute Gasteiger partial charge is 0.278 e. The SMILES string of the molecule is CC(=NNc1ccc(C2CC=NNC2=O)c(C(F)(F)F)c1)c1ccccc1. The number of hydrogen-bond donors (Lipinski definition) is 2. The number of hydrazone groups is 2. The Hall–Kier alpha value is -3.16. The molecule has 2 N–H and O–H groups in total. The first-order valence-electron chi connectivity index (χ1n) is 8.24. The lowest BCUT2D eigenvalue weighted by atomic mass is 9.90. The molecule has 0 saturated carbocycles. The molecule has 0 fully saturated rings. The second-order valence-corrected chi connectivity index (χ2v) is 6.05. The number of benzene rings is 2. The van der Waals surface area contributed by atoms with Crippen LogP contribution in [0.3, 0.4) is 0 Å². The molecular formula is C19H17F3N4O. The van der Waals surface area contributed by atoms with Crippen LogP contribution in [0, 0.1) is 0 Å². The lowest BCUT2D eigenvalue weighted by molar-refractivity contribution is -0.138. The number of carbonyl (C=O) groups excluding carboxylic acids is 1. The summed E-state index contributed by atoms with van der Waals surface area (Å²) in [5, 5.41) is 7.73. The zero-order valence-corrected chi connectivity index (χ0v) is 14.4. The number of halogens is 3. The van der Waals surface area contributed by atoms with Crippen molar-refractivity contribution in [3.8, 4) is 0 Å². The second kappa shape index (κ2) is 7.61. The lowest BCUT2D eigenvalue weighted by Gasteiger charge is -2.22. The van der Waals surface area contributed by atoms with Gasteiger partial charge in [0.15, 0.2) is 0 Å². The van der Waals surface area contributed by atoms with Gasteiger partial charge in [-0.2, -0.15) is 23.4 Å². The van der Waals surface area contributed by atoms with E-state index in [1.54, 1.807) is 6.92 Å². The Morgan fingerprint density at radius 3 is 2.63 bits per heavy atom. The Kier molecular flexibility index (Phi) is 5.25. The van der Waals surface area contributed by atoms with E-state index in [0.29, 0.717) is 5.71 Å². The lowest BCUT2D eigenvalue weighted by Crippen LogP contribution is -2.30. The van der Waals surface area contributed by atoms with E-state index >= 15 is 0 Å². The molecule has 0 radical (unpaired) electrons. The first-order valence-corrected chi connectivity index (χ1v) is 8.24. The quantitative estimate of drug-likeness (QED) is 0.624. The normalized spacial score (nSPS) is 17.6. The summed E-state index contributed by atoms with van der Waals surface area (Å²) in [4.78, 5) is 11.9. The molecule has 0 aliphatic carbocycles. The minimum Gasteiger partial charge on any atom is -0.278 e. The second-order valence-electron chi connectivity index (χ2n) is 6.05. The Morgan fingerprint density at radius 2 is 1.96 bits per heavy atom. The van der Waals surface area contributed by atoms with Crippen molar-refractivity contribution in [2.45, 2.75) is 25.4 Å². The number of nitrogens with zero attached hydrogens (tertiary/aromatic N) is 2. The van der Waals surface area contributed by atoms with Crippen LogP contribution in [0.15, 0.2) is 58.7 Å². The maximum absolute atomic E-state index is 13.5. The third-order valence-corrected chi connectivity index (χ3v) is 4.20. The Balaban J connectivity index is 1.90. The highest BCUT2D eigenvalue weighted by Gasteiger charge is 2.37. The van der Waals surface area contributed by atoms with E-state index in [0.717, 1.165) is 11.6 Å². The van der Waals surface area contributed by atoms with E-state index in [1.165, 1.54) is 18.3 Å². The van der Waals surface area contributed by atoms with Crippen molar-refractivity contribution < 1.29 is 18.0 Å². The first-order chi connectivity index (χ1) is 12.9. The van der Waals surface area contributed by atoms with Crippen LogP contribution in [0.2, 0.25) is 0 Å². The van der Waals surface area contributed by atoms with Crippen molar-refractivity contribution >= 4 is 23.5 Å². The van der Waals surface area contributed by atoms with Crippen molar-refractivity contribution in [1.82, 2.24) is 5.43 Å². The van der Waals surface area contributed by atoms with Crippen LogP contribution in [0.1, 0.15) is 36.0 Å². The van der Waals surface area contributed by atoms with Gasteiger partial charge < -0.3 is 0 Å². The van der Waals surface area contributed by atoms with Gasteiger partial charge in [-0.15, -0.1) is 0 Å². The molecule has 1 atom stereocenters. The third kappa shape index (κ3) is 4.33. The van der Waals surface area contributed by atoms with Crippen molar-refractivity contribution in [3.63, 3.8) is 0 Å². The van der Waals surface area contributed by atoms with Gasteiger partial charge in [-0.25, -0.2) is 5.43 Å². The van der Waals surface area contributed by atoms with Crippen LogP contribution in [-0.4, -0.2) is 17.8 Å². The van der Waals surface area contributed by atoms with Crippen LogP contribution in [0.5, 0.6) is 0 Å². The van der Waals surface area contributed by atoms with E-state index in [-0.39, 0.29) is 17.7 Å². The topological polar surface area (TPSA) is 65.8 Å². The summed E-state index contributed by atoms with van der Waals surface area (Å²) >= 11 is 0. The molecule has 27 heavy (non-hydrogen) atoms. The van der Waals surface area contributed by atoms with E-state index < -0.39 is 23.6 Å². The zero-order chi connectivity index (χ0) is 19.4. The van der Waals surface area contributed by atoms with Gasteiger partial charge in [-0.05, 0) is 30.2 Å². The number of amides is 1. The molecular weight excluding hydrogens is 357 g/mol. The predicted octanol–water partition coefficient (Wildman–Crippen LogP) is 4.13. The maximum atomic E-state index is 13.5. The summed E-state index contributed by atoms with van der Waals surface area (Å²) in [5.41, 5.74) is 5.60. The van der Waals surface area contributed by atoms with Gasteiger partial charge in [0.05, 0.1) is 22.9 Å². The van der Waals surface area contributed by atoms with Crippen LogP contribution in [-0.2, 0) is 11.0 Å². The molecule has 1 amide bonds. The monoisotopic (exact) mass is 374 g/mol. The number of anilines is 1.